The largest absolute Gasteiger partial charge is 0.416 e. The molecule has 1 heterocycles. The van der Waals surface area contributed by atoms with Gasteiger partial charge in [-0.3, -0.25) is 9.59 Å². The van der Waals surface area contributed by atoms with E-state index >= 15 is 0 Å². The van der Waals surface area contributed by atoms with Crippen molar-refractivity contribution in [3.8, 4) is 0 Å². The summed E-state index contributed by atoms with van der Waals surface area (Å²) in [5.41, 5.74) is 5.85. The van der Waals surface area contributed by atoms with Crippen LogP contribution in [0, 0.1) is 11.8 Å². The minimum Gasteiger partial charge on any atom is -0.382 e. The molecule has 0 aromatic rings. The first kappa shape index (κ1) is 21.7. The summed E-state index contributed by atoms with van der Waals surface area (Å²) in [6.45, 7) is 6.86. The topological polar surface area (TPSA) is 95.7 Å². The Morgan fingerprint density at radius 2 is 1.76 bits per heavy atom. The second-order valence-corrected chi connectivity index (χ2v) is 7.22. The van der Waals surface area contributed by atoms with Gasteiger partial charge in [0.25, 0.3) is 0 Å². The van der Waals surface area contributed by atoms with Crippen molar-refractivity contribution in [3.63, 3.8) is 0 Å². The summed E-state index contributed by atoms with van der Waals surface area (Å²) in [5, 5.41) is 11.8. The van der Waals surface area contributed by atoms with Gasteiger partial charge in [0, 0.05) is 6.54 Å². The predicted octanol–water partition coefficient (Wildman–Crippen LogP) is 1.02. The fourth-order valence-corrected chi connectivity index (χ4v) is 2.85. The Morgan fingerprint density at radius 1 is 1.20 bits per heavy atom. The molecule has 0 radical (unpaired) electrons. The number of alkyl halides is 3. The lowest BCUT2D eigenvalue weighted by Crippen LogP contribution is -2.58. The van der Waals surface area contributed by atoms with Crippen LogP contribution in [0.1, 0.15) is 40.5 Å². The lowest BCUT2D eigenvalue weighted by Gasteiger charge is -2.32. The second-order valence-electron chi connectivity index (χ2n) is 7.22. The number of amides is 2. The van der Waals surface area contributed by atoms with Gasteiger partial charge in [0.2, 0.25) is 11.8 Å². The van der Waals surface area contributed by atoms with E-state index in [9.17, 15) is 27.9 Å². The SMILES string of the molecule is CC(C)[C@H](N)C(=O)N1CCC[C@H]1C(=O)N[C@@H](C(C)C)[C@H](O)C(F)(F)F. The minimum absolute atomic E-state index is 0.118. The number of aliphatic hydroxyl groups excluding tert-OH is 1. The highest BCUT2D eigenvalue weighted by Gasteiger charge is 2.46. The van der Waals surface area contributed by atoms with E-state index in [2.05, 4.69) is 5.32 Å². The minimum atomic E-state index is -4.84. The van der Waals surface area contributed by atoms with Crippen LogP contribution >= 0.6 is 0 Å². The lowest BCUT2D eigenvalue weighted by atomic mass is 9.97. The molecular weight excluding hydrogens is 339 g/mol. The van der Waals surface area contributed by atoms with Crippen molar-refractivity contribution in [1.82, 2.24) is 10.2 Å². The molecule has 1 saturated heterocycles. The molecule has 4 N–H and O–H groups in total. The molecule has 0 aromatic carbocycles. The summed E-state index contributed by atoms with van der Waals surface area (Å²) >= 11 is 0. The molecule has 0 spiro atoms. The Labute approximate surface area is 145 Å². The molecule has 25 heavy (non-hydrogen) atoms. The third-order valence-corrected chi connectivity index (χ3v) is 4.54. The maximum absolute atomic E-state index is 12.8. The van der Waals surface area contributed by atoms with Crippen molar-refractivity contribution in [2.75, 3.05) is 6.54 Å². The number of halogens is 3. The fourth-order valence-electron chi connectivity index (χ4n) is 2.85. The third kappa shape index (κ3) is 5.31. The van der Waals surface area contributed by atoms with E-state index in [0.717, 1.165) is 0 Å². The maximum atomic E-state index is 12.8. The molecule has 1 aliphatic heterocycles. The number of nitrogens with two attached hydrogens (primary N) is 1. The van der Waals surface area contributed by atoms with Gasteiger partial charge >= 0.3 is 6.18 Å². The molecule has 2 amide bonds. The van der Waals surface area contributed by atoms with Crippen LogP contribution < -0.4 is 11.1 Å². The number of nitrogens with one attached hydrogen (secondary N) is 1. The Hall–Kier alpha value is -1.35. The second kappa shape index (κ2) is 8.35. The molecule has 0 bridgehead atoms. The summed E-state index contributed by atoms with van der Waals surface area (Å²) in [6, 6.07) is -3.11. The Balaban J connectivity index is 2.88. The third-order valence-electron chi connectivity index (χ3n) is 4.54. The molecule has 146 valence electrons. The number of carbonyl (C=O) groups excluding carboxylic acids is 2. The van der Waals surface area contributed by atoms with Crippen LogP contribution in [0.15, 0.2) is 0 Å². The zero-order chi connectivity index (χ0) is 19.5. The molecule has 6 nitrogen and oxygen atoms in total. The van der Waals surface area contributed by atoms with Crippen molar-refractivity contribution < 1.29 is 27.9 Å². The van der Waals surface area contributed by atoms with E-state index < -0.39 is 42.2 Å². The molecule has 0 unspecified atom stereocenters. The van der Waals surface area contributed by atoms with E-state index in [1.54, 1.807) is 13.8 Å². The van der Waals surface area contributed by atoms with Crippen molar-refractivity contribution in [1.29, 1.82) is 0 Å². The number of rotatable bonds is 6. The Bertz CT molecular complexity index is 483. The first-order chi connectivity index (χ1) is 11.4. The van der Waals surface area contributed by atoms with Gasteiger partial charge in [0.1, 0.15) is 6.04 Å². The van der Waals surface area contributed by atoms with E-state index in [0.29, 0.717) is 19.4 Å². The van der Waals surface area contributed by atoms with Crippen molar-refractivity contribution in [2.45, 2.75) is 70.9 Å². The standard InChI is InChI=1S/C16H28F3N3O3/c1-8(2)11(20)15(25)22-7-5-6-10(22)14(24)21-12(9(3)4)13(23)16(17,18)19/h8-13,23H,5-7,20H2,1-4H3,(H,21,24)/t10-,11-,12-,13-/m0/s1. The first-order valence-electron chi connectivity index (χ1n) is 8.49. The molecule has 0 aromatic heterocycles. The van der Waals surface area contributed by atoms with Crippen LogP contribution in [0.3, 0.4) is 0 Å². The van der Waals surface area contributed by atoms with E-state index in [1.165, 1.54) is 18.7 Å². The summed E-state index contributed by atoms with van der Waals surface area (Å²) in [7, 11) is 0. The van der Waals surface area contributed by atoms with Crippen molar-refractivity contribution in [3.05, 3.63) is 0 Å². The lowest BCUT2D eigenvalue weighted by molar-refractivity contribution is -0.215. The van der Waals surface area contributed by atoms with Gasteiger partial charge in [-0.15, -0.1) is 0 Å². The zero-order valence-electron chi connectivity index (χ0n) is 15.0. The number of aliphatic hydroxyl groups is 1. The molecule has 1 fully saturated rings. The highest BCUT2D eigenvalue weighted by Crippen LogP contribution is 2.26. The monoisotopic (exact) mass is 367 g/mol. The van der Waals surface area contributed by atoms with Gasteiger partial charge in [-0.2, -0.15) is 13.2 Å². The Morgan fingerprint density at radius 3 is 2.20 bits per heavy atom. The van der Waals surface area contributed by atoms with E-state index in [1.807, 2.05) is 0 Å². The van der Waals surface area contributed by atoms with Crippen LogP contribution in [0.4, 0.5) is 13.2 Å². The predicted molar refractivity (Wildman–Crippen MR) is 86.4 cm³/mol. The average molecular weight is 367 g/mol. The average Bonchev–Trinajstić information content (AvgIpc) is 2.98. The number of nitrogens with zero attached hydrogens (tertiary/aromatic N) is 1. The highest BCUT2D eigenvalue weighted by atomic mass is 19.4. The van der Waals surface area contributed by atoms with Gasteiger partial charge in [-0.25, -0.2) is 0 Å². The van der Waals surface area contributed by atoms with Crippen molar-refractivity contribution >= 4 is 11.8 Å². The molecule has 0 saturated carbocycles. The zero-order valence-corrected chi connectivity index (χ0v) is 15.0. The van der Waals surface area contributed by atoms with Crippen LogP contribution in [-0.4, -0.2) is 58.8 Å². The van der Waals surface area contributed by atoms with Crippen LogP contribution in [0.5, 0.6) is 0 Å². The van der Waals surface area contributed by atoms with Gasteiger partial charge in [0.15, 0.2) is 6.10 Å². The number of likely N-dealkylation sites (tertiary alicyclic amines) is 1. The maximum Gasteiger partial charge on any atom is 0.416 e. The summed E-state index contributed by atoms with van der Waals surface area (Å²) in [6.07, 6.45) is -6.58. The van der Waals surface area contributed by atoms with Crippen LogP contribution in [0.2, 0.25) is 0 Å². The number of hydrogen-bond donors (Lipinski definition) is 3. The quantitative estimate of drug-likeness (QED) is 0.653. The number of carbonyl (C=O) groups is 2. The molecule has 0 aliphatic carbocycles. The summed E-state index contributed by atoms with van der Waals surface area (Å²) in [4.78, 5) is 26.2. The van der Waals surface area contributed by atoms with Crippen LogP contribution in [-0.2, 0) is 9.59 Å². The van der Waals surface area contributed by atoms with Crippen molar-refractivity contribution in [2.24, 2.45) is 17.6 Å². The molecule has 1 rings (SSSR count). The first-order valence-corrected chi connectivity index (χ1v) is 8.49. The summed E-state index contributed by atoms with van der Waals surface area (Å²) < 4.78 is 38.4. The molecule has 9 heteroatoms. The van der Waals surface area contributed by atoms with Gasteiger partial charge in [0.05, 0.1) is 12.1 Å². The van der Waals surface area contributed by atoms with E-state index in [-0.39, 0.29) is 11.8 Å². The van der Waals surface area contributed by atoms with Gasteiger partial charge in [-0.1, -0.05) is 27.7 Å². The molecular formula is C16H28F3N3O3. The normalized spacial score (nSPS) is 22.2. The fraction of sp³-hybridized carbons (Fsp3) is 0.875. The molecule has 1 aliphatic rings. The van der Waals surface area contributed by atoms with Crippen LogP contribution in [0.25, 0.3) is 0 Å². The van der Waals surface area contributed by atoms with E-state index in [4.69, 9.17) is 5.73 Å². The number of hydrogen-bond acceptors (Lipinski definition) is 4. The van der Waals surface area contributed by atoms with Gasteiger partial charge < -0.3 is 21.1 Å². The summed E-state index contributed by atoms with van der Waals surface area (Å²) in [5.74, 6) is -1.83. The Kier molecular flexibility index (Phi) is 7.25. The smallest absolute Gasteiger partial charge is 0.382 e. The highest BCUT2D eigenvalue weighted by molar-refractivity contribution is 5.90. The van der Waals surface area contributed by atoms with Gasteiger partial charge in [-0.05, 0) is 24.7 Å². The molecule has 4 atom stereocenters.